The molecule has 5 heteroatoms. The van der Waals surface area contributed by atoms with E-state index in [0.717, 1.165) is 49.0 Å². The summed E-state index contributed by atoms with van der Waals surface area (Å²) < 4.78 is 1.37. The Morgan fingerprint density at radius 1 is 0.879 bits per heavy atom. The highest BCUT2D eigenvalue weighted by atomic mass is 16.2. The van der Waals surface area contributed by atoms with Crippen molar-refractivity contribution < 1.29 is 4.79 Å². The molecule has 4 aromatic rings. The van der Waals surface area contributed by atoms with Crippen molar-refractivity contribution in [3.05, 3.63) is 100 Å². The number of amides is 1. The predicted octanol–water partition coefficient (Wildman–Crippen LogP) is 4.70. The number of aromatic nitrogens is 2. The predicted molar refractivity (Wildman–Crippen MR) is 131 cm³/mol. The molecule has 0 aliphatic carbocycles. The Morgan fingerprint density at radius 3 is 2.21 bits per heavy atom. The molecule has 3 aromatic carbocycles. The maximum absolute atomic E-state index is 13.1. The molecule has 0 bridgehead atoms. The molecule has 0 spiro atoms. The fourth-order valence-corrected chi connectivity index (χ4v) is 4.75. The molecule has 5 nitrogen and oxygen atoms in total. The van der Waals surface area contributed by atoms with Crippen molar-refractivity contribution in [2.24, 2.45) is 13.0 Å². The Kier molecular flexibility index (Phi) is 5.78. The lowest BCUT2D eigenvalue weighted by Crippen LogP contribution is -2.38. The quantitative estimate of drug-likeness (QED) is 0.465. The first-order valence-corrected chi connectivity index (χ1v) is 11.5. The zero-order chi connectivity index (χ0) is 22.8. The summed E-state index contributed by atoms with van der Waals surface area (Å²) in [5, 5.41) is 5.95. The van der Waals surface area contributed by atoms with Gasteiger partial charge in [-0.1, -0.05) is 60.7 Å². The maximum atomic E-state index is 13.1. The van der Waals surface area contributed by atoms with Gasteiger partial charge in [0.15, 0.2) is 0 Å². The summed E-state index contributed by atoms with van der Waals surface area (Å²) in [6.07, 6.45) is 3.15. The van der Waals surface area contributed by atoms with Crippen LogP contribution in [-0.2, 0) is 13.5 Å². The second-order valence-corrected chi connectivity index (χ2v) is 8.83. The van der Waals surface area contributed by atoms with E-state index in [1.807, 2.05) is 59.5 Å². The van der Waals surface area contributed by atoms with Crippen LogP contribution in [0.15, 0.2) is 83.7 Å². The number of fused-ring (bicyclic) bond motifs is 1. The molecule has 0 N–H and O–H groups in total. The van der Waals surface area contributed by atoms with E-state index in [2.05, 4.69) is 29.4 Å². The second-order valence-electron chi connectivity index (χ2n) is 8.83. The van der Waals surface area contributed by atoms with Crippen LogP contribution >= 0.6 is 0 Å². The summed E-state index contributed by atoms with van der Waals surface area (Å²) in [4.78, 5) is 27.5. The van der Waals surface area contributed by atoms with Gasteiger partial charge in [0.1, 0.15) is 0 Å². The first kappa shape index (κ1) is 21.1. The average Bonchev–Trinajstić information content (AvgIpc) is 2.87. The van der Waals surface area contributed by atoms with Gasteiger partial charge >= 0.3 is 0 Å². The van der Waals surface area contributed by atoms with Crippen LogP contribution in [0.25, 0.3) is 22.0 Å². The average molecular weight is 438 g/mol. The molecule has 1 aliphatic heterocycles. The van der Waals surface area contributed by atoms with Crippen LogP contribution in [0.5, 0.6) is 0 Å². The zero-order valence-corrected chi connectivity index (χ0v) is 18.8. The minimum absolute atomic E-state index is 0.0815. The molecule has 33 heavy (non-hydrogen) atoms. The van der Waals surface area contributed by atoms with Gasteiger partial charge in [-0.2, -0.15) is 5.10 Å². The van der Waals surface area contributed by atoms with Gasteiger partial charge < -0.3 is 4.90 Å². The SMILES string of the molecule is Cn1nc(-c2ccc(C(=O)N3CCC(Cc4ccccc4)CC3)cc2)c2ccccc2c1=O. The maximum Gasteiger partial charge on any atom is 0.274 e. The van der Waals surface area contributed by atoms with Crippen LogP contribution < -0.4 is 5.56 Å². The molecule has 1 saturated heterocycles. The third kappa shape index (κ3) is 4.31. The summed E-state index contributed by atoms with van der Waals surface area (Å²) >= 11 is 0. The molecule has 0 saturated carbocycles. The van der Waals surface area contributed by atoms with Crippen molar-refractivity contribution in [2.75, 3.05) is 13.1 Å². The molecule has 2 heterocycles. The van der Waals surface area contributed by atoms with Gasteiger partial charge in [-0.05, 0) is 48.9 Å². The summed E-state index contributed by atoms with van der Waals surface area (Å²) in [6, 6.07) is 25.7. The number of aryl methyl sites for hydroxylation is 1. The van der Waals surface area contributed by atoms with Crippen molar-refractivity contribution in [1.82, 2.24) is 14.7 Å². The van der Waals surface area contributed by atoms with Gasteiger partial charge in [0, 0.05) is 36.7 Å². The van der Waals surface area contributed by atoms with E-state index in [4.69, 9.17) is 0 Å². The molecular weight excluding hydrogens is 410 g/mol. The molecule has 0 radical (unpaired) electrons. The van der Waals surface area contributed by atoms with E-state index in [0.29, 0.717) is 16.9 Å². The standard InChI is InChI=1S/C28H27N3O2/c1-30-28(33)25-10-6-5-9-24(25)26(29-30)22-11-13-23(14-12-22)27(32)31-17-15-21(16-18-31)19-20-7-3-2-4-8-20/h2-14,21H,15-19H2,1H3. The van der Waals surface area contributed by atoms with Gasteiger partial charge in [-0.15, -0.1) is 0 Å². The van der Waals surface area contributed by atoms with Gasteiger partial charge in [0.2, 0.25) is 0 Å². The summed E-state index contributed by atoms with van der Waals surface area (Å²) in [5.41, 5.74) is 3.58. The van der Waals surface area contributed by atoms with Crippen molar-refractivity contribution in [3.8, 4) is 11.3 Å². The largest absolute Gasteiger partial charge is 0.339 e. The van der Waals surface area contributed by atoms with E-state index in [-0.39, 0.29) is 11.5 Å². The number of carbonyl (C=O) groups excluding carboxylic acids is 1. The molecule has 1 fully saturated rings. The zero-order valence-electron chi connectivity index (χ0n) is 18.8. The topological polar surface area (TPSA) is 55.2 Å². The van der Waals surface area contributed by atoms with Gasteiger partial charge in [0.25, 0.3) is 11.5 Å². The molecule has 1 aliphatic rings. The fraction of sp³-hybridized carbons (Fsp3) is 0.250. The normalized spacial score (nSPS) is 14.5. The van der Waals surface area contributed by atoms with Gasteiger partial charge in [-0.3, -0.25) is 9.59 Å². The first-order valence-electron chi connectivity index (χ1n) is 11.5. The van der Waals surface area contributed by atoms with Crippen LogP contribution in [0.2, 0.25) is 0 Å². The Hall–Kier alpha value is -3.73. The van der Waals surface area contributed by atoms with E-state index < -0.39 is 0 Å². The summed E-state index contributed by atoms with van der Waals surface area (Å²) in [5.74, 6) is 0.709. The lowest BCUT2D eigenvalue weighted by atomic mass is 9.90. The molecular formula is C28H27N3O2. The van der Waals surface area contributed by atoms with Crippen molar-refractivity contribution in [1.29, 1.82) is 0 Å². The lowest BCUT2D eigenvalue weighted by molar-refractivity contribution is 0.0690. The monoisotopic (exact) mass is 437 g/mol. The van der Waals surface area contributed by atoms with E-state index in [1.165, 1.54) is 10.2 Å². The third-order valence-electron chi connectivity index (χ3n) is 6.63. The highest BCUT2D eigenvalue weighted by molar-refractivity contribution is 5.96. The van der Waals surface area contributed by atoms with Gasteiger partial charge in [0.05, 0.1) is 11.1 Å². The number of carbonyl (C=O) groups is 1. The number of hydrogen-bond donors (Lipinski definition) is 0. The second kappa shape index (κ2) is 9.02. The van der Waals surface area contributed by atoms with E-state index in [9.17, 15) is 9.59 Å². The minimum Gasteiger partial charge on any atom is -0.339 e. The third-order valence-corrected chi connectivity index (χ3v) is 6.63. The van der Waals surface area contributed by atoms with Crippen LogP contribution in [0, 0.1) is 5.92 Å². The molecule has 1 amide bonds. The molecule has 5 rings (SSSR count). The molecule has 1 aromatic heterocycles. The fourth-order valence-electron chi connectivity index (χ4n) is 4.75. The van der Waals surface area contributed by atoms with E-state index >= 15 is 0 Å². The lowest BCUT2D eigenvalue weighted by Gasteiger charge is -2.32. The van der Waals surface area contributed by atoms with Crippen molar-refractivity contribution in [3.63, 3.8) is 0 Å². The van der Waals surface area contributed by atoms with Crippen LogP contribution in [0.3, 0.4) is 0 Å². The number of benzene rings is 3. The Balaban J connectivity index is 1.30. The van der Waals surface area contributed by atoms with Crippen LogP contribution in [0.1, 0.15) is 28.8 Å². The van der Waals surface area contributed by atoms with Crippen LogP contribution in [0.4, 0.5) is 0 Å². The Labute approximate surface area is 193 Å². The highest BCUT2D eigenvalue weighted by Gasteiger charge is 2.24. The summed E-state index contributed by atoms with van der Waals surface area (Å²) in [6.45, 7) is 1.59. The first-order chi connectivity index (χ1) is 16.1. The minimum atomic E-state index is -0.114. The highest BCUT2D eigenvalue weighted by Crippen LogP contribution is 2.26. The van der Waals surface area contributed by atoms with Crippen molar-refractivity contribution >= 4 is 16.7 Å². The van der Waals surface area contributed by atoms with E-state index in [1.54, 1.807) is 7.05 Å². The van der Waals surface area contributed by atoms with Crippen LogP contribution in [-0.4, -0.2) is 33.7 Å². The number of hydrogen-bond acceptors (Lipinski definition) is 3. The number of rotatable bonds is 4. The molecule has 0 unspecified atom stereocenters. The number of nitrogens with zero attached hydrogens (tertiary/aromatic N) is 3. The number of piperidine rings is 1. The molecule has 166 valence electrons. The Bertz CT molecular complexity index is 1340. The Morgan fingerprint density at radius 2 is 1.52 bits per heavy atom. The molecule has 0 atom stereocenters. The smallest absolute Gasteiger partial charge is 0.274 e. The van der Waals surface area contributed by atoms with Crippen molar-refractivity contribution in [2.45, 2.75) is 19.3 Å². The summed E-state index contributed by atoms with van der Waals surface area (Å²) in [7, 11) is 1.66. The number of likely N-dealkylation sites (tertiary alicyclic amines) is 1. The van der Waals surface area contributed by atoms with Gasteiger partial charge in [-0.25, -0.2) is 4.68 Å².